The van der Waals surface area contributed by atoms with Gasteiger partial charge in [-0.25, -0.2) is 0 Å². The molecule has 1 aliphatic carbocycles. The number of ether oxygens (including phenoxy) is 1. The molecule has 2 heteroatoms. The Morgan fingerprint density at radius 2 is 2.08 bits per heavy atom. The van der Waals surface area contributed by atoms with Crippen LogP contribution in [0.3, 0.4) is 0 Å². The van der Waals surface area contributed by atoms with Crippen molar-refractivity contribution in [3.05, 3.63) is 0 Å². The zero-order valence-electron chi connectivity index (χ0n) is 8.25. The van der Waals surface area contributed by atoms with E-state index in [1.807, 2.05) is 0 Å². The van der Waals surface area contributed by atoms with Crippen molar-refractivity contribution in [2.75, 3.05) is 13.7 Å². The molecule has 12 heavy (non-hydrogen) atoms. The second kappa shape index (κ2) is 4.83. The average Bonchev–Trinajstić information content (AvgIpc) is 2.05. The Bertz CT molecular complexity index is 127. The first-order chi connectivity index (χ1) is 5.75. The van der Waals surface area contributed by atoms with Gasteiger partial charge in [0.15, 0.2) is 0 Å². The summed E-state index contributed by atoms with van der Waals surface area (Å²) in [5.41, 5.74) is 6.05. The number of hydrogen-bond acceptors (Lipinski definition) is 2. The SMILES string of the molecule is COCC(C)C1CCCCC1N. The standard InChI is InChI=1S/C10H21NO/c1-8(7-12-2)9-5-3-4-6-10(9)11/h8-10H,3-7,11H2,1-2H3. The first kappa shape index (κ1) is 10.0. The van der Waals surface area contributed by atoms with E-state index in [1.165, 1.54) is 25.7 Å². The van der Waals surface area contributed by atoms with E-state index in [4.69, 9.17) is 10.5 Å². The molecule has 3 unspecified atom stereocenters. The molecule has 2 nitrogen and oxygen atoms in total. The summed E-state index contributed by atoms with van der Waals surface area (Å²) in [5, 5.41) is 0. The highest BCUT2D eigenvalue weighted by atomic mass is 16.5. The number of nitrogens with two attached hydrogens (primary N) is 1. The van der Waals surface area contributed by atoms with E-state index < -0.39 is 0 Å². The highest BCUT2D eigenvalue weighted by molar-refractivity contribution is 4.81. The van der Waals surface area contributed by atoms with Gasteiger partial charge in [0.05, 0.1) is 0 Å². The molecule has 0 aromatic rings. The molecule has 1 fully saturated rings. The second-order valence-electron chi connectivity index (χ2n) is 4.04. The summed E-state index contributed by atoms with van der Waals surface area (Å²) in [6.45, 7) is 3.11. The number of hydrogen-bond donors (Lipinski definition) is 1. The van der Waals surface area contributed by atoms with Gasteiger partial charge in [0.2, 0.25) is 0 Å². The van der Waals surface area contributed by atoms with E-state index in [9.17, 15) is 0 Å². The van der Waals surface area contributed by atoms with Gasteiger partial charge in [-0.15, -0.1) is 0 Å². The molecule has 1 aliphatic rings. The zero-order chi connectivity index (χ0) is 8.97. The molecule has 1 rings (SSSR count). The third kappa shape index (κ3) is 2.46. The molecular weight excluding hydrogens is 150 g/mol. The van der Waals surface area contributed by atoms with Crippen LogP contribution in [0.2, 0.25) is 0 Å². The van der Waals surface area contributed by atoms with Gasteiger partial charge in [0.25, 0.3) is 0 Å². The third-order valence-corrected chi connectivity index (χ3v) is 3.04. The Kier molecular flexibility index (Phi) is 4.02. The minimum Gasteiger partial charge on any atom is -0.384 e. The van der Waals surface area contributed by atoms with Crippen LogP contribution >= 0.6 is 0 Å². The normalized spacial score (nSPS) is 33.2. The number of methoxy groups -OCH3 is 1. The van der Waals surface area contributed by atoms with Crippen LogP contribution in [0.4, 0.5) is 0 Å². The van der Waals surface area contributed by atoms with Crippen LogP contribution in [-0.4, -0.2) is 19.8 Å². The quantitative estimate of drug-likeness (QED) is 0.702. The largest absolute Gasteiger partial charge is 0.384 e. The number of rotatable bonds is 3. The molecule has 0 amide bonds. The lowest BCUT2D eigenvalue weighted by Gasteiger charge is -2.32. The van der Waals surface area contributed by atoms with Gasteiger partial charge in [-0.3, -0.25) is 0 Å². The smallest absolute Gasteiger partial charge is 0.0491 e. The van der Waals surface area contributed by atoms with E-state index in [1.54, 1.807) is 7.11 Å². The van der Waals surface area contributed by atoms with Crippen LogP contribution in [0, 0.1) is 11.8 Å². The van der Waals surface area contributed by atoms with Gasteiger partial charge in [-0.2, -0.15) is 0 Å². The maximum Gasteiger partial charge on any atom is 0.0491 e. The van der Waals surface area contributed by atoms with Crippen LogP contribution in [0.1, 0.15) is 32.6 Å². The van der Waals surface area contributed by atoms with Gasteiger partial charge in [0, 0.05) is 19.8 Å². The second-order valence-corrected chi connectivity index (χ2v) is 4.04. The molecule has 0 heterocycles. The predicted molar refractivity (Wildman–Crippen MR) is 51.0 cm³/mol. The summed E-state index contributed by atoms with van der Waals surface area (Å²) in [6.07, 6.45) is 5.17. The first-order valence-corrected chi connectivity index (χ1v) is 5.00. The van der Waals surface area contributed by atoms with E-state index in [0.29, 0.717) is 17.9 Å². The molecular formula is C10H21NO. The minimum atomic E-state index is 0.420. The molecule has 0 radical (unpaired) electrons. The Morgan fingerprint density at radius 3 is 2.67 bits per heavy atom. The minimum absolute atomic E-state index is 0.420. The molecule has 72 valence electrons. The molecule has 0 aromatic heterocycles. The summed E-state index contributed by atoms with van der Waals surface area (Å²) in [4.78, 5) is 0. The van der Waals surface area contributed by atoms with Crippen LogP contribution in [0.25, 0.3) is 0 Å². The Balaban J connectivity index is 2.36. The van der Waals surface area contributed by atoms with E-state index >= 15 is 0 Å². The van der Waals surface area contributed by atoms with Gasteiger partial charge < -0.3 is 10.5 Å². The lowest BCUT2D eigenvalue weighted by Crippen LogP contribution is -2.38. The van der Waals surface area contributed by atoms with Crippen molar-refractivity contribution in [2.45, 2.75) is 38.6 Å². The predicted octanol–water partition coefficient (Wildman–Crippen LogP) is 1.79. The summed E-state index contributed by atoms with van der Waals surface area (Å²) < 4.78 is 5.15. The summed E-state index contributed by atoms with van der Waals surface area (Å²) in [5.74, 6) is 1.32. The Morgan fingerprint density at radius 1 is 1.42 bits per heavy atom. The topological polar surface area (TPSA) is 35.2 Å². The van der Waals surface area contributed by atoms with E-state index in [-0.39, 0.29) is 0 Å². The average molecular weight is 171 g/mol. The Labute approximate surface area is 75.5 Å². The molecule has 2 N–H and O–H groups in total. The first-order valence-electron chi connectivity index (χ1n) is 5.00. The molecule has 0 bridgehead atoms. The molecule has 3 atom stereocenters. The van der Waals surface area contributed by atoms with Gasteiger partial charge in [-0.05, 0) is 24.7 Å². The van der Waals surface area contributed by atoms with E-state index in [2.05, 4.69) is 6.92 Å². The van der Waals surface area contributed by atoms with E-state index in [0.717, 1.165) is 6.61 Å². The van der Waals surface area contributed by atoms with Crippen LogP contribution in [0.15, 0.2) is 0 Å². The fourth-order valence-electron chi connectivity index (χ4n) is 2.28. The monoisotopic (exact) mass is 171 g/mol. The molecule has 0 saturated heterocycles. The Hall–Kier alpha value is -0.0800. The lowest BCUT2D eigenvalue weighted by molar-refractivity contribution is 0.105. The summed E-state index contributed by atoms with van der Waals surface area (Å²) in [7, 11) is 1.77. The molecule has 0 aromatic carbocycles. The van der Waals surface area contributed by atoms with Gasteiger partial charge in [-0.1, -0.05) is 19.8 Å². The fraction of sp³-hybridized carbons (Fsp3) is 1.00. The van der Waals surface area contributed by atoms with Gasteiger partial charge in [0.1, 0.15) is 0 Å². The van der Waals surface area contributed by atoms with Crippen LogP contribution < -0.4 is 5.73 Å². The van der Waals surface area contributed by atoms with Crippen LogP contribution in [-0.2, 0) is 4.74 Å². The molecule has 0 aliphatic heterocycles. The van der Waals surface area contributed by atoms with Crippen molar-refractivity contribution in [1.29, 1.82) is 0 Å². The molecule has 0 spiro atoms. The maximum absolute atomic E-state index is 6.05. The maximum atomic E-state index is 6.05. The summed E-state index contributed by atoms with van der Waals surface area (Å²) >= 11 is 0. The summed E-state index contributed by atoms with van der Waals surface area (Å²) in [6, 6.07) is 0.420. The molecule has 1 saturated carbocycles. The lowest BCUT2D eigenvalue weighted by atomic mass is 9.78. The highest BCUT2D eigenvalue weighted by Crippen LogP contribution is 2.29. The van der Waals surface area contributed by atoms with Crippen molar-refractivity contribution >= 4 is 0 Å². The highest BCUT2D eigenvalue weighted by Gasteiger charge is 2.26. The fourth-order valence-corrected chi connectivity index (χ4v) is 2.28. The van der Waals surface area contributed by atoms with Crippen molar-refractivity contribution in [1.82, 2.24) is 0 Å². The van der Waals surface area contributed by atoms with Crippen molar-refractivity contribution in [3.8, 4) is 0 Å². The van der Waals surface area contributed by atoms with Crippen molar-refractivity contribution in [2.24, 2.45) is 17.6 Å². The third-order valence-electron chi connectivity index (χ3n) is 3.04. The van der Waals surface area contributed by atoms with Crippen molar-refractivity contribution in [3.63, 3.8) is 0 Å². The van der Waals surface area contributed by atoms with Gasteiger partial charge >= 0.3 is 0 Å². The zero-order valence-corrected chi connectivity index (χ0v) is 8.25. The van der Waals surface area contributed by atoms with Crippen LogP contribution in [0.5, 0.6) is 0 Å². The van der Waals surface area contributed by atoms with Crippen molar-refractivity contribution < 1.29 is 4.74 Å².